The maximum atomic E-state index is 10.00. The zero-order valence-corrected chi connectivity index (χ0v) is 9.57. The van der Waals surface area contributed by atoms with Gasteiger partial charge in [-0.3, -0.25) is 0 Å². The molecule has 0 unspecified atom stereocenters. The van der Waals surface area contributed by atoms with Gasteiger partial charge in [-0.2, -0.15) is 0 Å². The molecule has 1 aliphatic rings. The molecule has 0 heterocycles. The number of benzene rings is 1. The number of aliphatic hydroxyl groups is 1. The number of phenols is 1. The fourth-order valence-corrected chi connectivity index (χ4v) is 1.95. The minimum atomic E-state index is 0.0162. The van der Waals surface area contributed by atoms with E-state index in [1.807, 2.05) is 19.1 Å². The smallest absolute Gasteiger partial charge is 0.161 e. The quantitative estimate of drug-likeness (QED) is 0.802. The Balaban J connectivity index is 2.17. The van der Waals surface area contributed by atoms with Crippen molar-refractivity contribution >= 4 is 0 Å². The first kappa shape index (κ1) is 11.3. The first-order valence-electron chi connectivity index (χ1n) is 5.75. The molecule has 0 spiro atoms. The van der Waals surface area contributed by atoms with E-state index in [9.17, 15) is 10.2 Å². The minimum absolute atomic E-state index is 0.0162. The lowest BCUT2D eigenvalue weighted by atomic mass is 9.96. The SMILES string of the molecule is CCOc1cccc(CC2(CO)CC2)c1O. The van der Waals surface area contributed by atoms with Crippen molar-refractivity contribution in [2.24, 2.45) is 5.41 Å². The van der Waals surface area contributed by atoms with E-state index in [0.29, 0.717) is 12.4 Å². The molecule has 0 aromatic heterocycles. The molecule has 0 amide bonds. The van der Waals surface area contributed by atoms with Gasteiger partial charge in [0, 0.05) is 6.61 Å². The summed E-state index contributed by atoms with van der Waals surface area (Å²) in [7, 11) is 0. The maximum absolute atomic E-state index is 10.00. The Bertz CT molecular complexity index is 369. The van der Waals surface area contributed by atoms with Crippen LogP contribution in [0.4, 0.5) is 0 Å². The van der Waals surface area contributed by atoms with Crippen LogP contribution in [0.2, 0.25) is 0 Å². The van der Waals surface area contributed by atoms with Crippen molar-refractivity contribution in [1.29, 1.82) is 0 Å². The predicted molar refractivity (Wildman–Crippen MR) is 61.7 cm³/mol. The number of para-hydroxylation sites is 1. The van der Waals surface area contributed by atoms with Crippen LogP contribution < -0.4 is 4.74 Å². The zero-order chi connectivity index (χ0) is 11.6. The van der Waals surface area contributed by atoms with Gasteiger partial charge >= 0.3 is 0 Å². The summed E-state index contributed by atoms with van der Waals surface area (Å²) >= 11 is 0. The summed E-state index contributed by atoms with van der Waals surface area (Å²) in [4.78, 5) is 0. The molecule has 1 aliphatic carbocycles. The summed E-state index contributed by atoms with van der Waals surface area (Å²) < 4.78 is 5.33. The van der Waals surface area contributed by atoms with Gasteiger partial charge < -0.3 is 14.9 Å². The van der Waals surface area contributed by atoms with Gasteiger partial charge in [-0.05, 0) is 43.2 Å². The number of rotatable bonds is 5. The Hall–Kier alpha value is -1.22. The summed E-state index contributed by atoms with van der Waals surface area (Å²) in [6.45, 7) is 2.63. The Morgan fingerprint density at radius 1 is 1.38 bits per heavy atom. The Kier molecular flexibility index (Phi) is 3.06. The topological polar surface area (TPSA) is 49.7 Å². The summed E-state index contributed by atoms with van der Waals surface area (Å²) in [5.41, 5.74) is 0.889. The molecule has 16 heavy (non-hydrogen) atoms. The molecular formula is C13H18O3. The standard InChI is InChI=1S/C13H18O3/c1-2-16-11-5-3-4-10(12(11)15)8-13(9-14)6-7-13/h3-5,14-15H,2,6-9H2,1H3. The number of hydrogen-bond acceptors (Lipinski definition) is 3. The van der Waals surface area contributed by atoms with Crippen molar-refractivity contribution in [2.75, 3.05) is 13.2 Å². The van der Waals surface area contributed by atoms with Crippen molar-refractivity contribution in [3.63, 3.8) is 0 Å². The number of aliphatic hydroxyl groups excluding tert-OH is 1. The van der Waals surface area contributed by atoms with E-state index in [2.05, 4.69) is 0 Å². The van der Waals surface area contributed by atoms with E-state index >= 15 is 0 Å². The molecule has 0 radical (unpaired) electrons. The zero-order valence-electron chi connectivity index (χ0n) is 9.57. The summed E-state index contributed by atoms with van der Waals surface area (Å²) in [6, 6.07) is 5.54. The van der Waals surface area contributed by atoms with E-state index < -0.39 is 0 Å². The average Bonchev–Trinajstić information content (AvgIpc) is 3.05. The van der Waals surface area contributed by atoms with Crippen LogP contribution >= 0.6 is 0 Å². The highest BCUT2D eigenvalue weighted by Crippen LogP contribution is 2.49. The van der Waals surface area contributed by atoms with Gasteiger partial charge in [-0.25, -0.2) is 0 Å². The van der Waals surface area contributed by atoms with Crippen LogP contribution in [0.3, 0.4) is 0 Å². The molecule has 3 nitrogen and oxygen atoms in total. The van der Waals surface area contributed by atoms with Crippen LogP contribution in [0.1, 0.15) is 25.3 Å². The monoisotopic (exact) mass is 222 g/mol. The van der Waals surface area contributed by atoms with Gasteiger partial charge in [0.1, 0.15) is 0 Å². The van der Waals surface area contributed by atoms with Crippen LogP contribution in [0.5, 0.6) is 11.5 Å². The Labute approximate surface area is 95.7 Å². The average molecular weight is 222 g/mol. The second-order valence-corrected chi connectivity index (χ2v) is 4.53. The fraction of sp³-hybridized carbons (Fsp3) is 0.538. The molecule has 0 bridgehead atoms. The van der Waals surface area contributed by atoms with Crippen LogP contribution in [-0.4, -0.2) is 23.4 Å². The number of phenolic OH excluding ortho intramolecular Hbond substituents is 1. The lowest BCUT2D eigenvalue weighted by Gasteiger charge is -2.14. The largest absolute Gasteiger partial charge is 0.504 e. The summed E-state index contributed by atoms with van der Waals surface area (Å²) in [6.07, 6.45) is 2.82. The minimum Gasteiger partial charge on any atom is -0.504 e. The molecule has 0 saturated heterocycles. The van der Waals surface area contributed by atoms with Gasteiger partial charge in [0.05, 0.1) is 6.61 Å². The van der Waals surface area contributed by atoms with E-state index in [1.54, 1.807) is 6.07 Å². The first-order valence-corrected chi connectivity index (χ1v) is 5.75. The van der Waals surface area contributed by atoms with Crippen LogP contribution in [0.25, 0.3) is 0 Å². The van der Waals surface area contributed by atoms with E-state index in [-0.39, 0.29) is 17.8 Å². The van der Waals surface area contributed by atoms with Gasteiger partial charge in [0.2, 0.25) is 0 Å². The molecular weight excluding hydrogens is 204 g/mol. The Morgan fingerprint density at radius 2 is 2.12 bits per heavy atom. The lowest BCUT2D eigenvalue weighted by Crippen LogP contribution is -2.10. The normalized spacial score (nSPS) is 17.1. The van der Waals surface area contributed by atoms with Crippen molar-refractivity contribution in [1.82, 2.24) is 0 Å². The highest BCUT2D eigenvalue weighted by atomic mass is 16.5. The molecule has 2 N–H and O–H groups in total. The van der Waals surface area contributed by atoms with Gasteiger partial charge in [0.15, 0.2) is 11.5 Å². The third-order valence-corrected chi connectivity index (χ3v) is 3.24. The molecule has 0 aliphatic heterocycles. The molecule has 1 saturated carbocycles. The molecule has 88 valence electrons. The second kappa shape index (κ2) is 4.34. The van der Waals surface area contributed by atoms with Crippen LogP contribution in [0.15, 0.2) is 18.2 Å². The predicted octanol–water partition coefficient (Wildman–Crippen LogP) is 2.11. The highest BCUT2D eigenvalue weighted by Gasteiger charge is 2.42. The van der Waals surface area contributed by atoms with E-state index in [1.165, 1.54) is 0 Å². The maximum Gasteiger partial charge on any atom is 0.161 e. The molecule has 1 aromatic rings. The molecule has 1 fully saturated rings. The van der Waals surface area contributed by atoms with Gasteiger partial charge in [-0.1, -0.05) is 12.1 Å². The summed E-state index contributed by atoms with van der Waals surface area (Å²) in [5, 5.41) is 19.3. The second-order valence-electron chi connectivity index (χ2n) is 4.53. The number of aromatic hydroxyl groups is 1. The lowest BCUT2D eigenvalue weighted by molar-refractivity contribution is 0.210. The van der Waals surface area contributed by atoms with Crippen molar-refractivity contribution in [3.8, 4) is 11.5 Å². The highest BCUT2D eigenvalue weighted by molar-refractivity contribution is 5.46. The molecule has 2 rings (SSSR count). The van der Waals surface area contributed by atoms with Crippen molar-refractivity contribution in [2.45, 2.75) is 26.2 Å². The van der Waals surface area contributed by atoms with Crippen LogP contribution in [0, 0.1) is 5.41 Å². The van der Waals surface area contributed by atoms with Gasteiger partial charge in [0.25, 0.3) is 0 Å². The molecule has 0 atom stereocenters. The molecule has 1 aromatic carbocycles. The van der Waals surface area contributed by atoms with Crippen molar-refractivity contribution in [3.05, 3.63) is 23.8 Å². The van der Waals surface area contributed by atoms with E-state index in [4.69, 9.17) is 4.74 Å². The Morgan fingerprint density at radius 3 is 2.69 bits per heavy atom. The fourth-order valence-electron chi connectivity index (χ4n) is 1.95. The first-order chi connectivity index (χ1) is 7.71. The molecule has 3 heteroatoms. The van der Waals surface area contributed by atoms with Crippen molar-refractivity contribution < 1.29 is 14.9 Å². The summed E-state index contributed by atoms with van der Waals surface area (Å²) in [5.74, 6) is 0.762. The van der Waals surface area contributed by atoms with Gasteiger partial charge in [-0.15, -0.1) is 0 Å². The third kappa shape index (κ3) is 2.14. The number of hydrogen-bond donors (Lipinski definition) is 2. The van der Waals surface area contributed by atoms with E-state index in [0.717, 1.165) is 24.8 Å². The third-order valence-electron chi connectivity index (χ3n) is 3.24. The van der Waals surface area contributed by atoms with Crippen LogP contribution in [-0.2, 0) is 6.42 Å². The number of ether oxygens (including phenoxy) is 1.